The van der Waals surface area contributed by atoms with Crippen LogP contribution in [0.4, 0.5) is 5.69 Å². The van der Waals surface area contributed by atoms with Crippen LogP contribution in [0.3, 0.4) is 0 Å². The van der Waals surface area contributed by atoms with E-state index in [9.17, 15) is 10.1 Å². The van der Waals surface area contributed by atoms with Crippen LogP contribution in [-0.2, 0) is 17.8 Å². The van der Waals surface area contributed by atoms with Crippen LogP contribution in [0, 0.1) is 11.3 Å². The lowest BCUT2D eigenvalue weighted by Crippen LogP contribution is -2.43. The second-order valence-electron chi connectivity index (χ2n) is 7.71. The summed E-state index contributed by atoms with van der Waals surface area (Å²) in [7, 11) is 0. The molecule has 0 radical (unpaired) electrons. The van der Waals surface area contributed by atoms with Crippen molar-refractivity contribution in [2.75, 3.05) is 31.5 Å². The Morgan fingerprint density at radius 1 is 1.03 bits per heavy atom. The summed E-state index contributed by atoms with van der Waals surface area (Å²) < 4.78 is 0. The zero-order valence-electron chi connectivity index (χ0n) is 17.7. The molecule has 2 aromatic rings. The number of piperazine rings is 1. The number of carbonyl (C=O) groups excluding carboxylic acids is 1. The summed E-state index contributed by atoms with van der Waals surface area (Å²) in [5.74, 6) is -0.356. The number of unbranched alkanes of at least 4 members (excludes halogenated alkanes) is 1. The number of nitrogens with zero attached hydrogens (tertiary/aromatic N) is 3. The standard InChI is InChI=1S/C25H30N4O/c1-2-3-7-21-10-12-24(13-11-21)27-25(30)23(18-26)20-29-16-14-28(15-17-29)19-22-8-5-4-6-9-22/h4-6,8-13,20H,2-3,7,14-17,19H2,1H3,(H,27,30)/b23-20-. The normalized spacial score (nSPS) is 14.9. The van der Waals surface area contributed by atoms with Gasteiger partial charge < -0.3 is 10.2 Å². The molecule has 0 atom stereocenters. The first-order chi connectivity index (χ1) is 14.7. The topological polar surface area (TPSA) is 59.4 Å². The van der Waals surface area contributed by atoms with Crippen molar-refractivity contribution in [3.63, 3.8) is 0 Å². The van der Waals surface area contributed by atoms with Crippen LogP contribution >= 0.6 is 0 Å². The van der Waals surface area contributed by atoms with Crippen molar-refractivity contribution in [2.45, 2.75) is 32.7 Å². The number of benzene rings is 2. The lowest BCUT2D eigenvalue weighted by Gasteiger charge is -2.34. The van der Waals surface area contributed by atoms with E-state index in [0.29, 0.717) is 5.69 Å². The maximum atomic E-state index is 12.5. The molecule has 0 spiro atoms. The highest BCUT2D eigenvalue weighted by Crippen LogP contribution is 2.14. The van der Waals surface area contributed by atoms with Gasteiger partial charge in [0.25, 0.3) is 5.91 Å². The van der Waals surface area contributed by atoms with Crippen LogP contribution in [0.1, 0.15) is 30.9 Å². The van der Waals surface area contributed by atoms with Crippen molar-refractivity contribution in [1.82, 2.24) is 9.80 Å². The predicted octanol–water partition coefficient (Wildman–Crippen LogP) is 4.19. The van der Waals surface area contributed by atoms with Gasteiger partial charge in [0.15, 0.2) is 0 Å². The van der Waals surface area contributed by atoms with E-state index >= 15 is 0 Å². The molecule has 0 aromatic heterocycles. The number of nitrogens with one attached hydrogen (secondary N) is 1. The quantitative estimate of drug-likeness (QED) is 0.531. The van der Waals surface area contributed by atoms with Crippen LogP contribution < -0.4 is 5.32 Å². The van der Waals surface area contributed by atoms with E-state index in [1.54, 1.807) is 6.20 Å². The summed E-state index contributed by atoms with van der Waals surface area (Å²) in [6.45, 7) is 6.52. The Labute approximate surface area is 179 Å². The first kappa shape index (κ1) is 21.6. The van der Waals surface area contributed by atoms with Crippen molar-refractivity contribution in [3.05, 3.63) is 77.5 Å². The van der Waals surface area contributed by atoms with Crippen molar-refractivity contribution >= 4 is 11.6 Å². The first-order valence-corrected chi connectivity index (χ1v) is 10.7. The van der Waals surface area contributed by atoms with Crippen molar-refractivity contribution in [3.8, 4) is 6.07 Å². The van der Waals surface area contributed by atoms with Crippen molar-refractivity contribution in [1.29, 1.82) is 5.26 Å². The molecule has 5 nitrogen and oxygen atoms in total. The largest absolute Gasteiger partial charge is 0.374 e. The Morgan fingerprint density at radius 2 is 1.73 bits per heavy atom. The second kappa shape index (κ2) is 11.2. The van der Waals surface area contributed by atoms with E-state index in [1.165, 1.54) is 11.1 Å². The maximum absolute atomic E-state index is 12.5. The van der Waals surface area contributed by atoms with E-state index in [1.807, 2.05) is 30.3 Å². The third-order valence-corrected chi connectivity index (χ3v) is 5.36. The fourth-order valence-electron chi connectivity index (χ4n) is 3.55. The van der Waals surface area contributed by atoms with E-state index in [4.69, 9.17) is 0 Å². The monoisotopic (exact) mass is 402 g/mol. The van der Waals surface area contributed by atoms with E-state index in [-0.39, 0.29) is 11.5 Å². The predicted molar refractivity (Wildman–Crippen MR) is 121 cm³/mol. The van der Waals surface area contributed by atoms with Crippen LogP contribution in [-0.4, -0.2) is 41.9 Å². The third-order valence-electron chi connectivity index (χ3n) is 5.36. The summed E-state index contributed by atoms with van der Waals surface area (Å²) >= 11 is 0. The van der Waals surface area contributed by atoms with Gasteiger partial charge in [-0.3, -0.25) is 9.69 Å². The minimum absolute atomic E-state index is 0.140. The molecule has 1 aliphatic heterocycles. The molecule has 3 rings (SSSR count). The smallest absolute Gasteiger partial charge is 0.267 e. The zero-order chi connectivity index (χ0) is 21.2. The van der Waals surface area contributed by atoms with Gasteiger partial charge in [-0.1, -0.05) is 55.8 Å². The van der Waals surface area contributed by atoms with E-state index in [0.717, 1.165) is 52.0 Å². The molecular weight excluding hydrogens is 372 g/mol. The minimum Gasteiger partial charge on any atom is -0.374 e. The Morgan fingerprint density at radius 3 is 2.37 bits per heavy atom. The Balaban J connectivity index is 1.51. The molecule has 0 bridgehead atoms. The summed E-state index contributed by atoms with van der Waals surface area (Å²) in [6, 6.07) is 20.4. The lowest BCUT2D eigenvalue weighted by atomic mass is 10.1. The second-order valence-corrected chi connectivity index (χ2v) is 7.71. The lowest BCUT2D eigenvalue weighted by molar-refractivity contribution is -0.112. The molecule has 1 aliphatic rings. The van der Waals surface area contributed by atoms with Crippen molar-refractivity contribution in [2.24, 2.45) is 0 Å². The number of rotatable bonds is 8. The van der Waals surface area contributed by atoms with Gasteiger partial charge in [-0.25, -0.2) is 0 Å². The van der Waals surface area contributed by atoms with Gasteiger partial charge >= 0.3 is 0 Å². The molecule has 1 N–H and O–H groups in total. The number of nitriles is 1. The maximum Gasteiger partial charge on any atom is 0.267 e. The van der Waals surface area contributed by atoms with Gasteiger partial charge in [-0.15, -0.1) is 0 Å². The van der Waals surface area contributed by atoms with E-state index < -0.39 is 0 Å². The van der Waals surface area contributed by atoms with Crippen LogP contribution in [0.15, 0.2) is 66.4 Å². The summed E-state index contributed by atoms with van der Waals surface area (Å²) in [5.41, 5.74) is 3.43. The third kappa shape index (κ3) is 6.47. The van der Waals surface area contributed by atoms with Gasteiger partial charge in [0.2, 0.25) is 0 Å². The van der Waals surface area contributed by atoms with Gasteiger partial charge in [0.1, 0.15) is 11.6 Å². The molecule has 1 heterocycles. The number of aryl methyl sites for hydroxylation is 1. The zero-order valence-corrected chi connectivity index (χ0v) is 17.7. The summed E-state index contributed by atoms with van der Waals surface area (Å²) in [6.07, 6.45) is 5.07. The van der Waals surface area contributed by atoms with Gasteiger partial charge in [-0.05, 0) is 36.1 Å². The Bertz CT molecular complexity index is 876. The Hall–Kier alpha value is -3.10. The number of anilines is 1. The molecule has 0 aliphatic carbocycles. The molecule has 30 heavy (non-hydrogen) atoms. The number of hydrogen-bond acceptors (Lipinski definition) is 4. The Kier molecular flexibility index (Phi) is 8.05. The first-order valence-electron chi connectivity index (χ1n) is 10.7. The van der Waals surface area contributed by atoms with Gasteiger partial charge in [-0.2, -0.15) is 5.26 Å². The molecule has 5 heteroatoms. The SMILES string of the molecule is CCCCc1ccc(NC(=O)/C(C#N)=C\N2CCN(Cc3ccccc3)CC2)cc1. The van der Waals surface area contributed by atoms with Crippen LogP contribution in [0.2, 0.25) is 0 Å². The molecule has 1 saturated heterocycles. The fraction of sp³-hybridized carbons (Fsp3) is 0.360. The van der Waals surface area contributed by atoms with Gasteiger partial charge in [0, 0.05) is 44.6 Å². The molecule has 0 saturated carbocycles. The summed E-state index contributed by atoms with van der Waals surface area (Å²) in [5, 5.41) is 12.3. The molecule has 156 valence electrons. The highest BCUT2D eigenvalue weighted by molar-refractivity contribution is 6.06. The molecule has 0 unspecified atom stereocenters. The number of carbonyl (C=O) groups is 1. The molecule has 1 fully saturated rings. The van der Waals surface area contributed by atoms with Crippen molar-refractivity contribution < 1.29 is 4.79 Å². The fourth-order valence-corrected chi connectivity index (χ4v) is 3.55. The summed E-state index contributed by atoms with van der Waals surface area (Å²) in [4.78, 5) is 17.0. The van der Waals surface area contributed by atoms with Crippen LogP contribution in [0.5, 0.6) is 0 Å². The average molecular weight is 403 g/mol. The molecule has 1 amide bonds. The molecular formula is C25H30N4O. The average Bonchev–Trinajstić information content (AvgIpc) is 2.78. The number of amides is 1. The highest BCUT2D eigenvalue weighted by atomic mass is 16.1. The van der Waals surface area contributed by atoms with Gasteiger partial charge in [0.05, 0.1) is 0 Å². The number of hydrogen-bond donors (Lipinski definition) is 1. The minimum atomic E-state index is -0.356. The van der Waals surface area contributed by atoms with E-state index in [2.05, 4.69) is 52.4 Å². The van der Waals surface area contributed by atoms with Crippen LogP contribution in [0.25, 0.3) is 0 Å². The molecule has 2 aromatic carbocycles. The highest BCUT2D eigenvalue weighted by Gasteiger charge is 2.17.